The third-order valence-electron chi connectivity index (χ3n) is 9.86. The predicted octanol–water partition coefficient (Wildman–Crippen LogP) is 3.14. The highest BCUT2D eigenvalue weighted by Gasteiger charge is 2.87. The van der Waals surface area contributed by atoms with E-state index in [4.69, 9.17) is 33.2 Å². The lowest BCUT2D eigenvalue weighted by molar-refractivity contribution is -0.248. The van der Waals surface area contributed by atoms with Crippen LogP contribution in [0.25, 0.3) is 0 Å². The molecule has 0 aromatic heterocycles. The van der Waals surface area contributed by atoms with Gasteiger partial charge in [-0.15, -0.1) is 0 Å². The number of fused-ring (bicyclic) bond motifs is 1. The maximum absolute atomic E-state index is 13.3. The van der Waals surface area contributed by atoms with Crippen LogP contribution in [0.15, 0.2) is 11.6 Å². The fourth-order valence-corrected chi connectivity index (χ4v) is 8.01. The summed E-state index contributed by atoms with van der Waals surface area (Å²) < 4.78 is 42.0. The van der Waals surface area contributed by atoms with Crippen molar-refractivity contribution in [2.75, 3.05) is 0 Å². The van der Waals surface area contributed by atoms with E-state index in [1.807, 2.05) is 13.8 Å². The van der Waals surface area contributed by atoms with Crippen LogP contribution in [0.2, 0.25) is 0 Å². The molecule has 2 saturated heterocycles. The summed E-state index contributed by atoms with van der Waals surface area (Å²) in [4.78, 5) is 77.3. The average molecular weight is 651 g/mol. The average Bonchev–Trinajstić information content (AvgIpc) is 3.48. The monoisotopic (exact) mass is 650 g/mol. The van der Waals surface area contributed by atoms with Crippen molar-refractivity contribution in [3.8, 4) is 0 Å². The minimum Gasteiger partial charge on any atom is -0.462 e. The van der Waals surface area contributed by atoms with Crippen LogP contribution < -0.4 is 0 Å². The molecule has 2 aliphatic heterocycles. The van der Waals surface area contributed by atoms with Crippen molar-refractivity contribution in [1.29, 1.82) is 0 Å². The summed E-state index contributed by atoms with van der Waals surface area (Å²) in [6.07, 6.45) is -4.84. The molecule has 0 N–H and O–H groups in total. The number of carbonyl (C=O) groups is 6. The number of hydrogen-bond donors (Lipinski definition) is 0. The van der Waals surface area contributed by atoms with Crippen LogP contribution in [-0.4, -0.2) is 83.6 Å². The Labute approximate surface area is 268 Å². The first-order valence-corrected chi connectivity index (χ1v) is 15.7. The summed E-state index contributed by atoms with van der Waals surface area (Å²) >= 11 is 0. The maximum atomic E-state index is 13.3. The summed E-state index contributed by atoms with van der Waals surface area (Å²) in [5, 5.41) is 0. The van der Waals surface area contributed by atoms with E-state index in [1.54, 1.807) is 33.8 Å². The van der Waals surface area contributed by atoms with Gasteiger partial charge < -0.3 is 33.2 Å². The molecule has 0 amide bonds. The summed E-state index contributed by atoms with van der Waals surface area (Å²) in [5.74, 6) is -5.52. The molecule has 4 aliphatic rings. The lowest BCUT2D eigenvalue weighted by Crippen LogP contribution is -2.68. The molecule has 0 bridgehead atoms. The summed E-state index contributed by atoms with van der Waals surface area (Å²) in [7, 11) is 0. The number of hydrogen-bond acceptors (Lipinski definition) is 13. The molecule has 0 aromatic rings. The Hall–Kier alpha value is -3.48. The largest absolute Gasteiger partial charge is 0.462 e. The molecule has 1 saturated carbocycles. The third-order valence-corrected chi connectivity index (χ3v) is 9.86. The molecular weight excluding hydrogens is 604 g/mol. The summed E-state index contributed by atoms with van der Waals surface area (Å²) in [6, 6.07) is 0. The molecule has 13 heteroatoms. The van der Waals surface area contributed by atoms with E-state index in [2.05, 4.69) is 0 Å². The zero-order chi connectivity index (χ0) is 34.5. The number of ether oxygens (including phenoxy) is 7. The zero-order valence-electron chi connectivity index (χ0n) is 28.2. The Bertz CT molecular complexity index is 1320. The highest BCUT2D eigenvalue weighted by molar-refractivity contribution is 5.89. The van der Waals surface area contributed by atoms with Gasteiger partial charge in [-0.25, -0.2) is 4.79 Å². The van der Waals surface area contributed by atoms with Crippen LogP contribution in [0.5, 0.6) is 0 Å². The predicted molar refractivity (Wildman–Crippen MR) is 157 cm³/mol. The molecule has 0 radical (unpaired) electrons. The molecule has 46 heavy (non-hydrogen) atoms. The second-order valence-electron chi connectivity index (χ2n) is 13.9. The van der Waals surface area contributed by atoms with Crippen molar-refractivity contribution in [3.63, 3.8) is 0 Å². The van der Waals surface area contributed by atoms with Crippen LogP contribution in [0.3, 0.4) is 0 Å². The molecule has 0 aromatic carbocycles. The second-order valence-corrected chi connectivity index (χ2v) is 13.9. The van der Waals surface area contributed by atoms with Gasteiger partial charge in [0.2, 0.25) is 0 Å². The van der Waals surface area contributed by atoms with Crippen molar-refractivity contribution in [3.05, 3.63) is 11.6 Å². The third kappa shape index (κ3) is 6.14. The first-order valence-electron chi connectivity index (χ1n) is 15.7. The standard InChI is InChI=1S/C33H46O13/c1-15(2)11-26(38)44-22-14-24(41-19(6)35)31(9)27(17(22)4)29(43-21(8)37)33-25(45-30(39)32(33,10)46-33)13-16(3)12-23(40-18(5)34)28(31)42-20(7)36/h13,15,17,22-25,27-29H,11-12,14H2,1-10H3/b16-13-/t17-,22-,23-,24-,25-,27+,28-,29-,31-,32-,33-/m0/s1. The SMILES string of the molecule is CC(=O)O[C@H]1C/C(C)=C\[C@@H]2OC(=O)[C@]3(C)O[C@]23[C@@H](OC(C)=O)[C@H]2[C@@H](C)[C@@H](OC(=O)CC(C)C)C[C@H](OC(C)=O)[C@]2(C)[C@H]1OC(C)=O. The molecule has 3 fully saturated rings. The molecule has 0 unspecified atom stereocenters. The van der Waals surface area contributed by atoms with Gasteiger partial charge in [0.1, 0.15) is 30.5 Å². The van der Waals surface area contributed by atoms with E-state index in [0.29, 0.717) is 5.57 Å². The fourth-order valence-electron chi connectivity index (χ4n) is 8.01. The van der Waals surface area contributed by atoms with Crippen molar-refractivity contribution in [2.45, 2.75) is 136 Å². The Balaban J connectivity index is 2.05. The van der Waals surface area contributed by atoms with Crippen LogP contribution in [0, 0.1) is 23.2 Å². The van der Waals surface area contributed by atoms with Gasteiger partial charge in [-0.2, -0.15) is 0 Å². The summed E-state index contributed by atoms with van der Waals surface area (Å²) in [5.41, 5.74) is -3.92. The molecule has 1 spiro atoms. The Morgan fingerprint density at radius 1 is 0.870 bits per heavy atom. The van der Waals surface area contributed by atoms with E-state index >= 15 is 0 Å². The normalized spacial score (nSPS) is 40.8. The van der Waals surface area contributed by atoms with E-state index in [-0.39, 0.29) is 25.2 Å². The van der Waals surface area contributed by atoms with Crippen LogP contribution in [0.4, 0.5) is 0 Å². The number of rotatable bonds is 7. The van der Waals surface area contributed by atoms with E-state index in [0.717, 1.165) is 0 Å². The lowest BCUT2D eigenvalue weighted by atomic mass is 9.52. The van der Waals surface area contributed by atoms with E-state index < -0.39 is 101 Å². The molecule has 13 nitrogen and oxygen atoms in total. The number of epoxide rings is 1. The molecular formula is C33H46O13. The van der Waals surface area contributed by atoms with Crippen LogP contribution >= 0.6 is 0 Å². The molecule has 2 heterocycles. The minimum absolute atomic E-state index is 0.00175. The fraction of sp³-hybridized carbons (Fsp3) is 0.758. The molecule has 11 atom stereocenters. The maximum Gasteiger partial charge on any atom is 0.342 e. The van der Waals surface area contributed by atoms with E-state index in [1.165, 1.54) is 27.7 Å². The number of carbonyl (C=O) groups excluding carboxylic acids is 6. The van der Waals surface area contributed by atoms with Crippen molar-refractivity contribution in [1.82, 2.24) is 0 Å². The topological polar surface area (TPSA) is 170 Å². The highest BCUT2D eigenvalue weighted by atomic mass is 16.7. The smallest absolute Gasteiger partial charge is 0.342 e. The molecule has 256 valence electrons. The van der Waals surface area contributed by atoms with Crippen LogP contribution in [0.1, 0.15) is 88.5 Å². The van der Waals surface area contributed by atoms with Gasteiger partial charge in [0.25, 0.3) is 0 Å². The zero-order valence-corrected chi connectivity index (χ0v) is 28.2. The quantitative estimate of drug-likeness (QED) is 0.171. The van der Waals surface area contributed by atoms with Crippen molar-refractivity contribution < 1.29 is 61.9 Å². The second kappa shape index (κ2) is 12.6. The number of esters is 6. The van der Waals surface area contributed by atoms with Gasteiger partial charge in [-0.05, 0) is 25.8 Å². The highest BCUT2D eigenvalue weighted by Crippen LogP contribution is 2.66. The van der Waals surface area contributed by atoms with Crippen molar-refractivity contribution >= 4 is 35.8 Å². The Kier molecular flexibility index (Phi) is 9.70. The molecule has 2 aliphatic carbocycles. The van der Waals surface area contributed by atoms with Gasteiger partial charge in [0.05, 0.1) is 5.41 Å². The van der Waals surface area contributed by atoms with Gasteiger partial charge in [0.15, 0.2) is 17.3 Å². The molecule has 4 rings (SSSR count). The van der Waals surface area contributed by atoms with Gasteiger partial charge in [0, 0.05) is 58.8 Å². The van der Waals surface area contributed by atoms with Gasteiger partial charge >= 0.3 is 35.8 Å². The Morgan fingerprint density at radius 2 is 1.43 bits per heavy atom. The van der Waals surface area contributed by atoms with Crippen molar-refractivity contribution in [2.24, 2.45) is 23.2 Å². The van der Waals surface area contributed by atoms with Crippen LogP contribution in [-0.2, 0) is 61.9 Å². The van der Waals surface area contributed by atoms with Gasteiger partial charge in [-0.1, -0.05) is 33.3 Å². The first kappa shape index (κ1) is 35.4. The van der Waals surface area contributed by atoms with Gasteiger partial charge in [-0.3, -0.25) is 24.0 Å². The van der Waals surface area contributed by atoms with E-state index in [9.17, 15) is 28.8 Å². The lowest BCUT2D eigenvalue weighted by Gasteiger charge is -2.57. The summed E-state index contributed by atoms with van der Waals surface area (Å²) in [6.45, 7) is 15.4. The Morgan fingerprint density at radius 3 is 1.96 bits per heavy atom. The first-order chi connectivity index (χ1) is 21.3. The minimum atomic E-state index is -1.53.